The van der Waals surface area contributed by atoms with Crippen molar-refractivity contribution < 1.29 is 0 Å². The number of allylic oxidation sites excluding steroid dienone is 5. The SMILES string of the molecule is CC1=CC(N(c2ccc3c(c2)C(c2ccccc2)(c2ccccc2)c2ccccc2-3)c2ccc3sc4ccccc4c3c2)=CC=CC1. The van der Waals surface area contributed by atoms with Gasteiger partial charge in [0.05, 0.1) is 5.41 Å². The first-order chi connectivity index (χ1) is 23.2. The Morgan fingerprint density at radius 3 is 2.02 bits per heavy atom. The molecular formula is C45H33NS. The van der Waals surface area contributed by atoms with Crippen LogP contribution in [-0.4, -0.2) is 0 Å². The zero-order valence-electron chi connectivity index (χ0n) is 26.2. The van der Waals surface area contributed by atoms with Crippen LogP contribution < -0.4 is 4.90 Å². The maximum Gasteiger partial charge on any atom is 0.0714 e. The lowest BCUT2D eigenvalue weighted by Crippen LogP contribution is -2.28. The molecule has 0 aliphatic heterocycles. The van der Waals surface area contributed by atoms with E-state index in [0.717, 1.165) is 23.5 Å². The van der Waals surface area contributed by atoms with E-state index in [1.54, 1.807) is 0 Å². The minimum Gasteiger partial charge on any atom is -0.310 e. The molecule has 0 fully saturated rings. The second-order valence-corrected chi connectivity index (χ2v) is 13.7. The molecule has 0 saturated carbocycles. The minimum atomic E-state index is -0.451. The molecule has 0 N–H and O–H groups in total. The number of anilines is 2. The highest BCUT2D eigenvalue weighted by Gasteiger charge is 2.46. The molecule has 0 amide bonds. The molecule has 0 bridgehead atoms. The number of benzene rings is 6. The summed E-state index contributed by atoms with van der Waals surface area (Å²) in [7, 11) is 0. The third kappa shape index (κ3) is 4.36. The fourth-order valence-corrected chi connectivity index (χ4v) is 8.88. The number of fused-ring (bicyclic) bond motifs is 6. The monoisotopic (exact) mass is 619 g/mol. The number of hydrogen-bond acceptors (Lipinski definition) is 2. The molecule has 6 aromatic carbocycles. The zero-order valence-corrected chi connectivity index (χ0v) is 27.0. The topological polar surface area (TPSA) is 3.24 Å². The summed E-state index contributed by atoms with van der Waals surface area (Å²) < 4.78 is 2.64. The molecule has 1 nitrogen and oxygen atoms in total. The van der Waals surface area contributed by atoms with E-state index in [1.165, 1.54) is 59.1 Å². The van der Waals surface area contributed by atoms with Crippen molar-refractivity contribution in [2.24, 2.45) is 0 Å². The summed E-state index contributed by atoms with van der Waals surface area (Å²) in [6.45, 7) is 2.23. The number of nitrogens with zero attached hydrogens (tertiary/aromatic N) is 1. The molecule has 0 radical (unpaired) electrons. The van der Waals surface area contributed by atoms with Crippen molar-refractivity contribution in [2.75, 3.05) is 4.90 Å². The second-order valence-electron chi connectivity index (χ2n) is 12.6. The van der Waals surface area contributed by atoms with Crippen LogP contribution in [0.25, 0.3) is 31.3 Å². The van der Waals surface area contributed by atoms with Gasteiger partial charge in [-0.05, 0) is 95.3 Å². The van der Waals surface area contributed by atoms with Crippen LogP contribution in [-0.2, 0) is 5.41 Å². The highest BCUT2D eigenvalue weighted by Crippen LogP contribution is 2.57. The fraction of sp³-hybridized carbons (Fsp3) is 0.0667. The smallest absolute Gasteiger partial charge is 0.0714 e. The quantitative estimate of drug-likeness (QED) is 0.185. The van der Waals surface area contributed by atoms with Crippen molar-refractivity contribution in [1.82, 2.24) is 0 Å². The summed E-state index contributed by atoms with van der Waals surface area (Å²) >= 11 is 1.87. The largest absolute Gasteiger partial charge is 0.310 e. The summed E-state index contributed by atoms with van der Waals surface area (Å²) in [6, 6.07) is 54.0. The van der Waals surface area contributed by atoms with Crippen molar-refractivity contribution in [3.63, 3.8) is 0 Å². The predicted octanol–water partition coefficient (Wildman–Crippen LogP) is 12.3. The molecule has 1 heterocycles. The molecule has 47 heavy (non-hydrogen) atoms. The predicted molar refractivity (Wildman–Crippen MR) is 201 cm³/mol. The summed E-state index contributed by atoms with van der Waals surface area (Å²) in [6.07, 6.45) is 10.0. The Morgan fingerprint density at radius 2 is 1.21 bits per heavy atom. The highest BCUT2D eigenvalue weighted by atomic mass is 32.1. The van der Waals surface area contributed by atoms with Crippen LogP contribution in [0.2, 0.25) is 0 Å². The summed E-state index contributed by atoms with van der Waals surface area (Å²) in [4.78, 5) is 2.45. The molecule has 9 rings (SSSR count). The van der Waals surface area contributed by atoms with Crippen LogP contribution in [0.4, 0.5) is 11.4 Å². The molecule has 2 aliphatic rings. The van der Waals surface area contributed by atoms with Crippen LogP contribution in [0, 0.1) is 0 Å². The maximum atomic E-state index is 2.46. The van der Waals surface area contributed by atoms with Crippen LogP contribution in [0.1, 0.15) is 35.6 Å². The molecule has 224 valence electrons. The first-order valence-corrected chi connectivity index (χ1v) is 17.1. The molecule has 2 aliphatic carbocycles. The normalized spacial score (nSPS) is 14.7. The van der Waals surface area contributed by atoms with Crippen molar-refractivity contribution in [3.8, 4) is 11.1 Å². The van der Waals surface area contributed by atoms with E-state index < -0.39 is 5.41 Å². The van der Waals surface area contributed by atoms with Crippen molar-refractivity contribution in [1.29, 1.82) is 0 Å². The number of thiophene rings is 1. The Labute approximate surface area is 280 Å². The molecule has 1 aromatic heterocycles. The molecular weight excluding hydrogens is 587 g/mol. The Kier molecular flexibility index (Phi) is 6.58. The lowest BCUT2D eigenvalue weighted by Gasteiger charge is -2.35. The van der Waals surface area contributed by atoms with Gasteiger partial charge in [-0.25, -0.2) is 0 Å². The van der Waals surface area contributed by atoms with Gasteiger partial charge in [-0.1, -0.05) is 127 Å². The summed E-state index contributed by atoms with van der Waals surface area (Å²) in [5.74, 6) is 0. The fourth-order valence-electron chi connectivity index (χ4n) is 7.79. The van der Waals surface area contributed by atoms with E-state index in [0.29, 0.717) is 0 Å². The summed E-state index contributed by atoms with van der Waals surface area (Å²) in [5, 5.41) is 2.61. The Bertz CT molecular complexity index is 2350. The molecule has 2 heteroatoms. The van der Waals surface area contributed by atoms with Gasteiger partial charge in [0.15, 0.2) is 0 Å². The van der Waals surface area contributed by atoms with Gasteiger partial charge in [0, 0.05) is 37.2 Å². The van der Waals surface area contributed by atoms with Gasteiger partial charge in [0.1, 0.15) is 0 Å². The van der Waals surface area contributed by atoms with Crippen LogP contribution in [0.15, 0.2) is 181 Å². The van der Waals surface area contributed by atoms with Gasteiger partial charge in [0.2, 0.25) is 0 Å². The second kappa shape index (κ2) is 11.1. The third-order valence-corrected chi connectivity index (χ3v) is 11.0. The van der Waals surface area contributed by atoms with E-state index in [2.05, 4.69) is 182 Å². The van der Waals surface area contributed by atoms with Gasteiger partial charge in [-0.15, -0.1) is 11.3 Å². The lowest BCUT2D eigenvalue weighted by atomic mass is 9.67. The maximum absolute atomic E-state index is 2.46. The van der Waals surface area contributed by atoms with Crippen LogP contribution in [0.5, 0.6) is 0 Å². The first-order valence-electron chi connectivity index (χ1n) is 16.3. The Morgan fingerprint density at radius 1 is 0.574 bits per heavy atom. The van der Waals surface area contributed by atoms with Crippen molar-refractivity contribution >= 4 is 42.9 Å². The number of hydrogen-bond donors (Lipinski definition) is 0. The van der Waals surface area contributed by atoms with E-state index in [1.807, 2.05) is 11.3 Å². The Balaban J connectivity index is 1.33. The van der Waals surface area contributed by atoms with E-state index >= 15 is 0 Å². The van der Waals surface area contributed by atoms with E-state index in [4.69, 9.17) is 0 Å². The molecule has 0 unspecified atom stereocenters. The number of rotatable bonds is 5. The molecule has 0 atom stereocenters. The molecule has 0 saturated heterocycles. The highest BCUT2D eigenvalue weighted by molar-refractivity contribution is 7.25. The van der Waals surface area contributed by atoms with Gasteiger partial charge < -0.3 is 4.90 Å². The van der Waals surface area contributed by atoms with Gasteiger partial charge in [-0.3, -0.25) is 0 Å². The molecule has 0 spiro atoms. The first kappa shape index (κ1) is 27.8. The van der Waals surface area contributed by atoms with Gasteiger partial charge >= 0.3 is 0 Å². The van der Waals surface area contributed by atoms with Crippen molar-refractivity contribution in [2.45, 2.75) is 18.8 Å². The van der Waals surface area contributed by atoms with Gasteiger partial charge in [-0.2, -0.15) is 0 Å². The molecule has 7 aromatic rings. The summed E-state index contributed by atoms with van der Waals surface area (Å²) in [5.41, 5.74) is 12.1. The minimum absolute atomic E-state index is 0.451. The Hall–Kier alpha value is -5.44. The third-order valence-electron chi connectivity index (χ3n) is 9.81. The van der Waals surface area contributed by atoms with E-state index in [-0.39, 0.29) is 0 Å². The standard InChI is InChI=1S/C45H33NS/c1-31-14-8-9-19-34(28-31)46(35-25-27-44-40(29-35)39-21-11-13-23-43(39)47-44)36-24-26-38-37-20-10-12-22-41(37)45(42(38)30-36,32-15-4-2-5-16-32)33-17-6-3-7-18-33/h2-13,15-30H,14H2,1H3. The average molecular weight is 620 g/mol. The zero-order chi connectivity index (χ0) is 31.4. The van der Waals surface area contributed by atoms with Crippen LogP contribution >= 0.6 is 11.3 Å². The van der Waals surface area contributed by atoms with Crippen molar-refractivity contribution in [3.05, 3.63) is 203 Å². The van der Waals surface area contributed by atoms with Crippen LogP contribution in [0.3, 0.4) is 0 Å². The lowest BCUT2D eigenvalue weighted by molar-refractivity contribution is 0.768. The van der Waals surface area contributed by atoms with E-state index in [9.17, 15) is 0 Å². The van der Waals surface area contributed by atoms with Gasteiger partial charge in [0.25, 0.3) is 0 Å². The average Bonchev–Trinajstić information content (AvgIpc) is 3.55.